The minimum absolute atomic E-state index is 0.000291. The van der Waals surface area contributed by atoms with E-state index in [1.54, 1.807) is 0 Å². The maximum Gasteiger partial charge on any atom is 0.223 e. The number of unbranched alkanes of at least 4 members (excludes halogenated alkanes) is 3. The van der Waals surface area contributed by atoms with Crippen molar-refractivity contribution in [3.63, 3.8) is 0 Å². The number of tetrazole rings is 2. The molecule has 2 heterocycles. The quantitative estimate of drug-likeness (QED) is 0.0697. The van der Waals surface area contributed by atoms with Crippen molar-refractivity contribution in [1.29, 1.82) is 0 Å². The number of Topliss-reactive ketones (excluding diaryl/α,β-unsaturated/α-hetero) is 3. The molecule has 63 heavy (non-hydrogen) atoms. The van der Waals surface area contributed by atoms with Gasteiger partial charge in [-0.05, 0) is 138 Å². The summed E-state index contributed by atoms with van der Waals surface area (Å²) in [6.45, 7) is 1.91. The molecule has 3 unspecified atom stereocenters. The van der Waals surface area contributed by atoms with E-state index in [0.29, 0.717) is 38.2 Å². The summed E-state index contributed by atoms with van der Waals surface area (Å²) in [6.07, 6.45) is 23.9. The number of nitrogens with two attached hydrogens (primary N) is 3. The lowest BCUT2D eigenvalue weighted by Crippen LogP contribution is -2.44. The molecule has 2 aromatic rings. The normalized spacial score (nSPS) is 16.8. The van der Waals surface area contributed by atoms with Gasteiger partial charge in [0.2, 0.25) is 17.7 Å². The van der Waals surface area contributed by atoms with Gasteiger partial charge in [-0.2, -0.15) is 16.6 Å². The monoisotopic (exact) mass is 903 g/mol. The summed E-state index contributed by atoms with van der Waals surface area (Å²) in [5.41, 5.74) is 16.5. The Balaban J connectivity index is 0.000000252. The van der Waals surface area contributed by atoms with Gasteiger partial charge in [0.1, 0.15) is 19.4 Å². The van der Waals surface area contributed by atoms with Gasteiger partial charge in [-0.3, -0.25) is 28.8 Å². The molecule has 9 N–H and O–H groups in total. The van der Waals surface area contributed by atoms with Crippen molar-refractivity contribution in [1.82, 2.24) is 56.4 Å². The second-order valence-electron chi connectivity index (χ2n) is 16.8. The minimum Gasteiger partial charge on any atom is -0.346 e. The molecule has 21 heteroatoms. The zero-order valence-electron chi connectivity index (χ0n) is 37.4. The highest BCUT2D eigenvalue weighted by molar-refractivity contribution is 7.99. The summed E-state index contributed by atoms with van der Waals surface area (Å²) >= 11 is 1.51. The van der Waals surface area contributed by atoms with Crippen molar-refractivity contribution >= 4 is 46.8 Å². The van der Waals surface area contributed by atoms with Gasteiger partial charge in [0.25, 0.3) is 0 Å². The van der Waals surface area contributed by atoms with Gasteiger partial charge in [-0.25, -0.2) is 4.68 Å². The number of aromatic nitrogens is 8. The van der Waals surface area contributed by atoms with E-state index in [4.69, 9.17) is 17.2 Å². The molecule has 3 fully saturated rings. The molecule has 0 aromatic carbocycles. The number of carbonyl (C=O) groups excluding carboxylic acids is 6. The Morgan fingerprint density at radius 1 is 0.587 bits per heavy atom. The summed E-state index contributed by atoms with van der Waals surface area (Å²) < 4.78 is 1.37. The van der Waals surface area contributed by atoms with Crippen LogP contribution in [-0.2, 0) is 41.9 Å². The second kappa shape index (κ2) is 31.6. The topological polar surface area (TPSA) is 304 Å². The lowest BCUT2D eigenvalue weighted by Gasteiger charge is -2.19. The molecule has 0 aliphatic heterocycles. The second-order valence-corrected chi connectivity index (χ2v) is 17.7. The molecule has 3 saturated carbocycles. The van der Waals surface area contributed by atoms with Gasteiger partial charge in [-0.1, -0.05) is 38.5 Å². The maximum absolute atomic E-state index is 12.4. The smallest absolute Gasteiger partial charge is 0.223 e. The van der Waals surface area contributed by atoms with Crippen molar-refractivity contribution in [2.45, 2.75) is 166 Å². The average Bonchev–Trinajstić information content (AvgIpc) is 4.14. The highest BCUT2D eigenvalue weighted by atomic mass is 32.2. The largest absolute Gasteiger partial charge is 0.346 e. The molecule has 0 saturated heterocycles. The third-order valence-corrected chi connectivity index (χ3v) is 12.4. The standard InChI is InChI=1S/2C14H24N6O2.C14H26N2O2S/c15-8-4-3-7-12(13(21)9-20-10-16-18-19-20)17-14(22)11-5-1-2-6-11;15-8-4-3-7-12(13(21)9-20-17-10-16-19-20)18-14(22)11-5-1-2-6-11;1-19-10-13(17)12(8-4-5-9-15)16-14(18)11-6-2-3-7-11/h10-12H,1-9,15H2,(H,17,22);10-12H,1-9,15H2,(H,18,22);11-12H,2-10,15H2,1H3,(H,16,18). The van der Waals surface area contributed by atoms with Crippen molar-refractivity contribution in [3.05, 3.63) is 12.7 Å². The molecule has 3 aliphatic rings. The summed E-state index contributed by atoms with van der Waals surface area (Å²) in [4.78, 5) is 74.6. The van der Waals surface area contributed by atoms with Crippen LogP contribution < -0.4 is 33.2 Å². The van der Waals surface area contributed by atoms with Crippen molar-refractivity contribution in [3.8, 4) is 0 Å². The first-order chi connectivity index (χ1) is 30.6. The molecule has 354 valence electrons. The van der Waals surface area contributed by atoms with Gasteiger partial charge in [0.05, 0.1) is 23.9 Å². The van der Waals surface area contributed by atoms with E-state index >= 15 is 0 Å². The molecule has 3 aliphatic carbocycles. The van der Waals surface area contributed by atoms with Crippen molar-refractivity contribution in [2.75, 3.05) is 31.6 Å². The van der Waals surface area contributed by atoms with Gasteiger partial charge in [-0.15, -0.1) is 15.3 Å². The van der Waals surface area contributed by atoms with E-state index in [0.717, 1.165) is 122 Å². The highest BCUT2D eigenvalue weighted by Crippen LogP contribution is 2.27. The number of thioether (sulfide) groups is 1. The minimum atomic E-state index is -0.495. The average molecular weight is 903 g/mol. The van der Waals surface area contributed by atoms with Crippen LogP contribution in [0.3, 0.4) is 0 Å². The Morgan fingerprint density at radius 3 is 1.35 bits per heavy atom. The molecule has 0 spiro atoms. The molecular formula is C42H74N14O6S. The van der Waals surface area contributed by atoms with E-state index in [1.165, 1.54) is 33.9 Å². The number of amides is 3. The first-order valence-electron chi connectivity index (χ1n) is 23.1. The summed E-state index contributed by atoms with van der Waals surface area (Å²) in [7, 11) is 0. The third-order valence-electron chi connectivity index (χ3n) is 11.8. The van der Waals surface area contributed by atoms with Crippen LogP contribution in [-0.4, -0.2) is 125 Å². The predicted octanol–water partition coefficient (Wildman–Crippen LogP) is 1.81. The fourth-order valence-electron chi connectivity index (χ4n) is 8.13. The zero-order valence-corrected chi connectivity index (χ0v) is 38.2. The van der Waals surface area contributed by atoms with Gasteiger partial charge < -0.3 is 33.2 Å². The molecule has 0 bridgehead atoms. The lowest BCUT2D eigenvalue weighted by atomic mass is 10.0. The molecule has 2 aromatic heterocycles. The van der Waals surface area contributed by atoms with Crippen LogP contribution in [0.2, 0.25) is 0 Å². The molecule has 5 rings (SSSR count). The molecule has 0 radical (unpaired) electrons. The molecule has 3 atom stereocenters. The van der Waals surface area contributed by atoms with Gasteiger partial charge in [0, 0.05) is 17.8 Å². The van der Waals surface area contributed by atoms with Crippen molar-refractivity contribution < 1.29 is 28.8 Å². The number of ketones is 3. The van der Waals surface area contributed by atoms with Crippen LogP contribution >= 0.6 is 11.8 Å². The Bertz CT molecular complexity index is 1510. The Kier molecular flexibility index (Phi) is 26.7. The van der Waals surface area contributed by atoms with E-state index in [9.17, 15) is 28.8 Å². The van der Waals surface area contributed by atoms with Crippen molar-refractivity contribution in [2.24, 2.45) is 35.0 Å². The van der Waals surface area contributed by atoms with Crippen LogP contribution in [0.15, 0.2) is 12.7 Å². The maximum atomic E-state index is 12.4. The number of hydrogen-bond donors (Lipinski definition) is 6. The highest BCUT2D eigenvalue weighted by Gasteiger charge is 2.30. The zero-order chi connectivity index (χ0) is 45.7. The van der Waals surface area contributed by atoms with E-state index in [-0.39, 0.29) is 72.0 Å². The Hall–Kier alpha value is -4.21. The number of carbonyl (C=O) groups is 6. The predicted molar refractivity (Wildman–Crippen MR) is 239 cm³/mol. The molecule has 20 nitrogen and oxygen atoms in total. The first-order valence-corrected chi connectivity index (χ1v) is 24.5. The van der Waals surface area contributed by atoms with Crippen LogP contribution in [0.4, 0.5) is 0 Å². The van der Waals surface area contributed by atoms with Gasteiger partial charge in [0.15, 0.2) is 23.7 Å². The van der Waals surface area contributed by atoms with Crippen LogP contribution in [0.5, 0.6) is 0 Å². The van der Waals surface area contributed by atoms with Crippen LogP contribution in [0, 0.1) is 17.8 Å². The van der Waals surface area contributed by atoms with Crippen LogP contribution in [0.1, 0.15) is 135 Å². The molecular weight excluding hydrogens is 829 g/mol. The fourth-order valence-corrected chi connectivity index (χ4v) is 8.61. The summed E-state index contributed by atoms with van der Waals surface area (Å²) in [5, 5.41) is 30.6. The summed E-state index contributed by atoms with van der Waals surface area (Å²) in [5.74, 6) is 0.734. The lowest BCUT2D eigenvalue weighted by molar-refractivity contribution is -0.130. The number of rotatable bonds is 27. The Labute approximate surface area is 376 Å². The first kappa shape index (κ1) is 53.1. The van der Waals surface area contributed by atoms with E-state index < -0.39 is 12.1 Å². The third kappa shape index (κ3) is 20.9. The van der Waals surface area contributed by atoms with Crippen LogP contribution in [0.25, 0.3) is 0 Å². The van der Waals surface area contributed by atoms with E-state index in [1.807, 2.05) is 6.26 Å². The molecule has 3 amide bonds. The SMILES string of the molecule is CSCC(=O)C(CCCCN)NC(=O)C1CCCC1.NCCCCC(NC(=O)C1CCCC1)C(=O)Cn1cnnn1.NCCCCC(NC(=O)C1CCCC1)C(=O)Cn1ncnn1. The summed E-state index contributed by atoms with van der Waals surface area (Å²) in [6, 6.07) is -1.29. The van der Waals surface area contributed by atoms with Gasteiger partial charge >= 0.3 is 0 Å². The number of nitrogens with zero attached hydrogens (tertiary/aromatic N) is 8. The number of nitrogens with one attached hydrogen (secondary N) is 3. The fraction of sp³-hybridized carbons (Fsp3) is 0.810. The Morgan fingerprint density at radius 2 is 1.00 bits per heavy atom. The number of hydrogen-bond acceptors (Lipinski definition) is 16. The van der Waals surface area contributed by atoms with E-state index in [2.05, 4.69) is 46.9 Å².